The zero-order valence-corrected chi connectivity index (χ0v) is 34.1. The van der Waals surface area contributed by atoms with Crippen molar-refractivity contribution in [3.8, 4) is 22.3 Å². The average molecular weight is 792 g/mol. The zero-order valence-electron chi connectivity index (χ0n) is 32.6. The van der Waals surface area contributed by atoms with Crippen LogP contribution in [0.5, 0.6) is 0 Å². The van der Waals surface area contributed by atoms with Gasteiger partial charge < -0.3 is 10.2 Å². The maximum absolute atomic E-state index is 14.0. The number of rotatable bonds is 2. The normalized spacial score (nSPS) is 24.8. The van der Waals surface area contributed by atoms with E-state index in [9.17, 15) is 10.2 Å². The number of aliphatic hydroxyl groups is 2. The second-order valence-electron chi connectivity index (χ2n) is 18.1. The van der Waals surface area contributed by atoms with Gasteiger partial charge >= 0.3 is 0 Å². The van der Waals surface area contributed by atoms with E-state index in [1.54, 1.807) is 0 Å². The van der Waals surface area contributed by atoms with Crippen LogP contribution in [-0.2, 0) is 27.4 Å². The molecule has 0 aromatic heterocycles. The summed E-state index contributed by atoms with van der Waals surface area (Å²) in [4.78, 5) is 0. The molecule has 56 heavy (non-hydrogen) atoms. The molecule has 6 aliphatic carbocycles. The maximum Gasteiger partial charge on any atom is 0.141 e. The fourth-order valence-corrected chi connectivity index (χ4v) is 11.8. The molecule has 5 aromatic carbocycles. The van der Waals surface area contributed by atoms with E-state index in [1.165, 1.54) is 50.1 Å². The highest BCUT2D eigenvalue weighted by atomic mass is 79.9. The number of fused-ring (bicyclic) bond motifs is 10. The summed E-state index contributed by atoms with van der Waals surface area (Å²) >= 11 is 3.82. The Hall–Kier alpha value is -5.06. The van der Waals surface area contributed by atoms with E-state index in [2.05, 4.69) is 191 Å². The molecule has 5 aromatic rings. The summed E-state index contributed by atoms with van der Waals surface area (Å²) in [6.07, 6.45) is 10.6. The van der Waals surface area contributed by atoms with Crippen molar-refractivity contribution in [3.63, 3.8) is 0 Å². The van der Waals surface area contributed by atoms with Crippen LogP contribution in [0.25, 0.3) is 28.3 Å². The van der Waals surface area contributed by atoms with Crippen molar-refractivity contribution in [2.24, 2.45) is 0 Å². The maximum atomic E-state index is 14.0. The Morgan fingerprint density at radius 1 is 0.464 bits per heavy atom. The van der Waals surface area contributed by atoms with Crippen molar-refractivity contribution in [1.82, 2.24) is 0 Å². The summed E-state index contributed by atoms with van der Waals surface area (Å²) in [6.45, 7) is 13.7. The fraction of sp³-hybridized carbons (Fsp3) is 0.208. The van der Waals surface area contributed by atoms with Gasteiger partial charge in [-0.1, -0.05) is 167 Å². The fourth-order valence-electron chi connectivity index (χ4n) is 11.2. The van der Waals surface area contributed by atoms with Crippen LogP contribution >= 0.6 is 15.9 Å². The standard InChI is InChI=1S/C53H43BrO2/c1-49(2)40-16-10-7-13-30(40)24-47-46(49)28-39-45(53(47,56)33-20-22-38-36-15-9-12-18-42(36)51(5,6)44(38)27-33)25-31-23-34(54)29-52(55,48(31)39)32-19-21-37-35-14-8-11-17-41(35)50(3,4)43(37)26-32/h7-29,55-56H,1-6H3. The van der Waals surface area contributed by atoms with Gasteiger partial charge in [0, 0.05) is 31.9 Å². The lowest BCUT2D eigenvalue weighted by Crippen LogP contribution is -2.41. The van der Waals surface area contributed by atoms with E-state index in [1.807, 2.05) is 6.08 Å². The van der Waals surface area contributed by atoms with Gasteiger partial charge in [0.25, 0.3) is 0 Å². The summed E-state index contributed by atoms with van der Waals surface area (Å²) in [5, 5.41) is 27.4. The van der Waals surface area contributed by atoms with Crippen LogP contribution in [0.15, 0.2) is 171 Å². The van der Waals surface area contributed by atoms with Gasteiger partial charge in [0.05, 0.1) is 0 Å². The molecule has 0 amide bonds. The summed E-state index contributed by atoms with van der Waals surface area (Å²) in [6, 6.07) is 39.0. The third-order valence-electron chi connectivity index (χ3n) is 14.2. The lowest BCUT2D eigenvalue weighted by molar-refractivity contribution is 0.116. The molecular weight excluding hydrogens is 748 g/mol. The Morgan fingerprint density at radius 3 is 1.64 bits per heavy atom. The van der Waals surface area contributed by atoms with Crippen molar-refractivity contribution in [2.45, 2.75) is 69.0 Å². The second kappa shape index (κ2) is 10.9. The SMILES string of the molecule is CC1(C)C2=CC3=C4C(=CC(Br)=CC4(O)c4ccc5c(c4)C(C)(C)c4ccccc4-5)C=C3C(O)(c3ccc4c(c3)C(C)(C)c3ccccc3-4)C2=Cc2ccccc21. The van der Waals surface area contributed by atoms with Crippen LogP contribution in [0.2, 0.25) is 0 Å². The number of hydrogen-bond donors (Lipinski definition) is 2. The van der Waals surface area contributed by atoms with Crippen molar-refractivity contribution < 1.29 is 10.2 Å². The average Bonchev–Trinajstić information content (AvgIpc) is 3.76. The smallest absolute Gasteiger partial charge is 0.141 e. The molecule has 0 fully saturated rings. The molecule has 0 radical (unpaired) electrons. The summed E-state index contributed by atoms with van der Waals surface area (Å²) in [5.41, 5.74) is 15.4. The third kappa shape index (κ3) is 4.13. The van der Waals surface area contributed by atoms with Gasteiger partial charge in [0.15, 0.2) is 0 Å². The van der Waals surface area contributed by atoms with Gasteiger partial charge in [0.2, 0.25) is 0 Å². The molecule has 2 nitrogen and oxygen atoms in total. The molecule has 6 aliphatic rings. The van der Waals surface area contributed by atoms with Crippen LogP contribution in [-0.4, -0.2) is 10.2 Å². The van der Waals surface area contributed by atoms with Crippen molar-refractivity contribution in [3.05, 3.63) is 216 Å². The molecule has 3 heteroatoms. The lowest BCUT2D eigenvalue weighted by Gasteiger charge is -2.46. The summed E-state index contributed by atoms with van der Waals surface area (Å²) in [5.74, 6) is 0. The van der Waals surface area contributed by atoms with Crippen molar-refractivity contribution in [2.75, 3.05) is 0 Å². The zero-order chi connectivity index (χ0) is 38.7. The van der Waals surface area contributed by atoms with Crippen LogP contribution in [0.4, 0.5) is 0 Å². The van der Waals surface area contributed by atoms with E-state index >= 15 is 0 Å². The Bertz CT molecular complexity index is 2870. The van der Waals surface area contributed by atoms with E-state index in [4.69, 9.17) is 0 Å². The monoisotopic (exact) mass is 790 g/mol. The Morgan fingerprint density at radius 2 is 1.00 bits per heavy atom. The van der Waals surface area contributed by atoms with E-state index < -0.39 is 16.6 Å². The first-order valence-electron chi connectivity index (χ1n) is 19.7. The van der Waals surface area contributed by atoms with E-state index in [-0.39, 0.29) is 10.8 Å². The molecule has 2 unspecified atom stereocenters. The van der Waals surface area contributed by atoms with Crippen molar-refractivity contribution >= 4 is 22.0 Å². The summed E-state index contributed by atoms with van der Waals surface area (Å²) < 4.78 is 0.801. The molecule has 0 aliphatic heterocycles. The Kier molecular flexibility index (Phi) is 6.64. The Balaban J connectivity index is 1.17. The minimum atomic E-state index is -1.51. The first kappa shape index (κ1) is 34.2. The molecule has 0 bridgehead atoms. The van der Waals surface area contributed by atoms with Gasteiger partial charge in [-0.3, -0.25) is 0 Å². The highest BCUT2D eigenvalue weighted by Crippen LogP contribution is 2.62. The largest absolute Gasteiger partial charge is 0.377 e. The number of allylic oxidation sites excluding steroid dienone is 4. The highest BCUT2D eigenvalue weighted by molar-refractivity contribution is 9.11. The number of hydrogen-bond acceptors (Lipinski definition) is 2. The molecular formula is C53H43BrO2. The molecule has 2 N–H and O–H groups in total. The van der Waals surface area contributed by atoms with E-state index in [0.717, 1.165) is 54.6 Å². The van der Waals surface area contributed by atoms with Crippen molar-refractivity contribution in [1.29, 1.82) is 0 Å². The predicted molar refractivity (Wildman–Crippen MR) is 232 cm³/mol. The van der Waals surface area contributed by atoms with Gasteiger partial charge in [-0.15, -0.1) is 0 Å². The highest BCUT2D eigenvalue weighted by Gasteiger charge is 2.54. The topological polar surface area (TPSA) is 40.5 Å². The van der Waals surface area contributed by atoms with Gasteiger partial charge in [-0.25, -0.2) is 0 Å². The van der Waals surface area contributed by atoms with Crippen LogP contribution in [0.3, 0.4) is 0 Å². The first-order chi connectivity index (χ1) is 26.7. The second-order valence-corrected chi connectivity index (χ2v) is 19.1. The molecule has 0 spiro atoms. The van der Waals surface area contributed by atoms with Crippen LogP contribution in [0, 0.1) is 0 Å². The van der Waals surface area contributed by atoms with Gasteiger partial charge in [0.1, 0.15) is 11.2 Å². The third-order valence-corrected chi connectivity index (χ3v) is 14.6. The quantitative estimate of drug-likeness (QED) is 0.187. The Labute approximate surface area is 337 Å². The molecule has 0 saturated heterocycles. The number of halogens is 1. The predicted octanol–water partition coefficient (Wildman–Crippen LogP) is 12.1. The van der Waals surface area contributed by atoms with Crippen LogP contribution < -0.4 is 0 Å². The van der Waals surface area contributed by atoms with Gasteiger partial charge in [-0.05, 0) is 119 Å². The minimum Gasteiger partial charge on any atom is -0.377 e. The molecule has 2 atom stereocenters. The minimum absolute atomic E-state index is 0.225. The number of benzene rings is 5. The molecule has 0 heterocycles. The lowest BCUT2D eigenvalue weighted by atomic mass is 9.59. The molecule has 274 valence electrons. The first-order valence-corrected chi connectivity index (χ1v) is 20.5. The van der Waals surface area contributed by atoms with Gasteiger partial charge in [-0.2, -0.15) is 0 Å². The van der Waals surface area contributed by atoms with E-state index in [0.29, 0.717) is 0 Å². The summed E-state index contributed by atoms with van der Waals surface area (Å²) in [7, 11) is 0. The van der Waals surface area contributed by atoms with Crippen LogP contribution in [0.1, 0.15) is 86.1 Å². The molecule has 0 saturated carbocycles. The molecule has 11 rings (SSSR count).